The van der Waals surface area contributed by atoms with Gasteiger partial charge in [-0.05, 0) is 29.7 Å². The summed E-state index contributed by atoms with van der Waals surface area (Å²) in [4.78, 5) is 32.6. The van der Waals surface area contributed by atoms with Crippen LogP contribution in [0.3, 0.4) is 0 Å². The fraction of sp³-hybridized carbons (Fsp3) is 0.182. The van der Waals surface area contributed by atoms with Crippen molar-refractivity contribution in [3.05, 3.63) is 81.4 Å². The Bertz CT molecular complexity index is 1380. The minimum atomic E-state index is -0.513. The Morgan fingerprint density at radius 2 is 1.97 bits per heavy atom. The Morgan fingerprint density at radius 1 is 1.13 bits per heavy atom. The lowest BCUT2D eigenvalue weighted by Crippen LogP contribution is -2.37. The summed E-state index contributed by atoms with van der Waals surface area (Å²) in [6.45, 7) is 0.399. The number of halogens is 2. The Kier molecular flexibility index (Phi) is 4.18. The van der Waals surface area contributed by atoms with Crippen molar-refractivity contribution in [2.24, 2.45) is 0 Å². The zero-order chi connectivity index (χ0) is 21.0. The Balaban J connectivity index is 1.60. The summed E-state index contributed by atoms with van der Waals surface area (Å²) in [5.41, 5.74) is 1.36. The highest BCUT2D eigenvalue weighted by Gasteiger charge is 2.31. The van der Waals surface area contributed by atoms with Gasteiger partial charge in [0.1, 0.15) is 17.3 Å². The highest BCUT2D eigenvalue weighted by Crippen LogP contribution is 2.34. The van der Waals surface area contributed by atoms with Crippen molar-refractivity contribution in [2.75, 3.05) is 13.7 Å². The minimum absolute atomic E-state index is 0.189. The molecule has 0 spiro atoms. The van der Waals surface area contributed by atoms with E-state index in [0.29, 0.717) is 22.0 Å². The van der Waals surface area contributed by atoms with Crippen LogP contribution in [0.25, 0.3) is 21.7 Å². The van der Waals surface area contributed by atoms with E-state index < -0.39 is 23.2 Å². The molecule has 8 heteroatoms. The van der Waals surface area contributed by atoms with E-state index in [9.17, 15) is 18.4 Å². The quantitative estimate of drug-likeness (QED) is 0.531. The number of nitrogens with zero attached hydrogens (tertiary/aromatic N) is 1. The van der Waals surface area contributed by atoms with Crippen LogP contribution in [0.1, 0.15) is 27.8 Å². The second-order valence-corrected chi connectivity index (χ2v) is 7.37. The Morgan fingerprint density at radius 3 is 2.77 bits per heavy atom. The molecule has 6 nitrogen and oxygen atoms in total. The first kappa shape index (κ1) is 18.5. The van der Waals surface area contributed by atoms with E-state index in [1.165, 1.54) is 23.1 Å². The number of amides is 1. The van der Waals surface area contributed by atoms with Crippen molar-refractivity contribution in [1.29, 1.82) is 0 Å². The van der Waals surface area contributed by atoms with Crippen LogP contribution in [0.5, 0.6) is 0 Å². The van der Waals surface area contributed by atoms with Gasteiger partial charge in [0.05, 0.1) is 30.2 Å². The lowest BCUT2D eigenvalue weighted by molar-refractivity contribution is 0.0333. The number of ether oxygens (including phenoxy) is 1. The van der Waals surface area contributed by atoms with Gasteiger partial charge in [-0.3, -0.25) is 9.59 Å². The third-order valence-corrected chi connectivity index (χ3v) is 5.58. The van der Waals surface area contributed by atoms with Gasteiger partial charge in [-0.2, -0.15) is 0 Å². The first-order chi connectivity index (χ1) is 14.4. The summed E-state index contributed by atoms with van der Waals surface area (Å²) in [5, 5.41) is 1.39. The van der Waals surface area contributed by atoms with E-state index in [-0.39, 0.29) is 35.7 Å². The van der Waals surface area contributed by atoms with Crippen LogP contribution in [0.4, 0.5) is 8.78 Å². The molecule has 0 saturated heterocycles. The maximum absolute atomic E-state index is 14.0. The summed E-state index contributed by atoms with van der Waals surface area (Å²) in [6.07, 6.45) is 0. The fourth-order valence-corrected chi connectivity index (χ4v) is 4.10. The molecule has 0 fully saturated rings. The molecular formula is C22H17F2N3O3. The van der Waals surface area contributed by atoms with Crippen LogP contribution < -0.4 is 5.56 Å². The molecular weight excluding hydrogens is 392 g/mol. The lowest BCUT2D eigenvalue weighted by Gasteiger charge is -2.33. The number of fused-ring (bicyclic) bond motifs is 4. The first-order valence-electron chi connectivity index (χ1n) is 9.40. The fourth-order valence-electron chi connectivity index (χ4n) is 4.10. The predicted molar refractivity (Wildman–Crippen MR) is 107 cm³/mol. The van der Waals surface area contributed by atoms with Gasteiger partial charge in [-0.15, -0.1) is 0 Å². The molecule has 1 amide bonds. The number of aromatic amines is 2. The van der Waals surface area contributed by atoms with Crippen LogP contribution >= 0.6 is 0 Å². The van der Waals surface area contributed by atoms with Gasteiger partial charge in [0.2, 0.25) is 0 Å². The molecule has 0 bridgehead atoms. The minimum Gasteiger partial charge on any atom is -0.373 e. The zero-order valence-corrected chi connectivity index (χ0v) is 16.0. The molecule has 2 aromatic carbocycles. The van der Waals surface area contributed by atoms with Gasteiger partial charge in [-0.1, -0.05) is 18.2 Å². The van der Waals surface area contributed by atoms with E-state index in [0.717, 1.165) is 0 Å². The number of pyridine rings is 1. The number of benzene rings is 2. The number of hydrogen-bond acceptors (Lipinski definition) is 3. The lowest BCUT2D eigenvalue weighted by atomic mass is 9.95. The zero-order valence-electron chi connectivity index (χ0n) is 16.0. The monoisotopic (exact) mass is 409 g/mol. The summed E-state index contributed by atoms with van der Waals surface area (Å²) >= 11 is 0. The van der Waals surface area contributed by atoms with Gasteiger partial charge in [-0.25, -0.2) is 8.78 Å². The number of hydrogen-bond donors (Lipinski definition) is 2. The van der Waals surface area contributed by atoms with Crippen molar-refractivity contribution in [3.63, 3.8) is 0 Å². The second-order valence-electron chi connectivity index (χ2n) is 7.37. The third kappa shape index (κ3) is 2.80. The number of carbonyl (C=O) groups excluding carboxylic acids is 1. The Labute approximate surface area is 169 Å². The van der Waals surface area contributed by atoms with Crippen LogP contribution in [0.2, 0.25) is 0 Å². The molecule has 1 aliphatic rings. The summed E-state index contributed by atoms with van der Waals surface area (Å²) in [5.74, 6) is -1.30. The van der Waals surface area contributed by atoms with Crippen molar-refractivity contribution in [1.82, 2.24) is 14.9 Å². The number of carbonyl (C=O) groups is 1. The molecule has 3 heterocycles. The van der Waals surface area contributed by atoms with Crippen LogP contribution in [-0.4, -0.2) is 34.4 Å². The van der Waals surface area contributed by atoms with E-state index in [1.54, 1.807) is 31.3 Å². The van der Waals surface area contributed by atoms with E-state index in [2.05, 4.69) is 9.97 Å². The predicted octanol–water partition coefficient (Wildman–Crippen LogP) is 3.63. The van der Waals surface area contributed by atoms with Crippen molar-refractivity contribution in [2.45, 2.75) is 12.6 Å². The van der Waals surface area contributed by atoms with Crippen molar-refractivity contribution in [3.8, 4) is 0 Å². The van der Waals surface area contributed by atoms with Crippen LogP contribution in [-0.2, 0) is 11.3 Å². The topological polar surface area (TPSA) is 78.2 Å². The SMILES string of the molecule is CN(C(=O)c1cc2cccc(F)c2[nH]1)[C@H]1COCc2[nH]c(=O)c3cc(F)ccc3c21. The normalized spacial score (nSPS) is 16.0. The maximum Gasteiger partial charge on any atom is 0.270 e. The smallest absolute Gasteiger partial charge is 0.270 e. The second kappa shape index (κ2) is 6.77. The summed E-state index contributed by atoms with van der Waals surface area (Å²) in [6, 6.07) is 9.73. The summed E-state index contributed by atoms with van der Waals surface area (Å²) < 4.78 is 33.3. The number of aromatic nitrogens is 2. The van der Waals surface area contributed by atoms with E-state index in [4.69, 9.17) is 4.74 Å². The largest absolute Gasteiger partial charge is 0.373 e. The first-order valence-corrected chi connectivity index (χ1v) is 9.40. The van der Waals surface area contributed by atoms with Crippen LogP contribution in [0, 0.1) is 11.6 Å². The summed E-state index contributed by atoms with van der Waals surface area (Å²) in [7, 11) is 1.62. The van der Waals surface area contributed by atoms with E-state index >= 15 is 0 Å². The molecule has 1 atom stereocenters. The van der Waals surface area contributed by atoms with E-state index in [1.807, 2.05) is 0 Å². The molecule has 4 aromatic rings. The average Bonchev–Trinajstić information content (AvgIpc) is 3.18. The highest BCUT2D eigenvalue weighted by molar-refractivity contribution is 5.98. The number of para-hydroxylation sites is 1. The van der Waals surface area contributed by atoms with Crippen molar-refractivity contribution < 1.29 is 18.3 Å². The van der Waals surface area contributed by atoms with Crippen LogP contribution in [0.15, 0.2) is 47.3 Å². The number of H-pyrrole nitrogens is 2. The maximum atomic E-state index is 14.0. The average molecular weight is 409 g/mol. The van der Waals surface area contributed by atoms with Gasteiger partial charge < -0.3 is 19.6 Å². The molecule has 152 valence electrons. The standard InChI is InChI=1S/C22H17F2N3O3/c1-27(22(29)16-7-11-3-2-4-15(24)20(11)25-16)18-10-30-9-17-19(18)13-6-5-12(23)8-14(13)21(28)26-17/h2-8,18,25H,9-10H2,1H3,(H,26,28)/t18-/m0/s1. The molecule has 0 radical (unpaired) electrons. The number of nitrogens with one attached hydrogen (secondary N) is 2. The molecule has 5 rings (SSSR count). The van der Waals surface area contributed by atoms with Gasteiger partial charge in [0, 0.05) is 23.7 Å². The van der Waals surface area contributed by atoms with Gasteiger partial charge >= 0.3 is 0 Å². The molecule has 0 unspecified atom stereocenters. The molecule has 0 saturated carbocycles. The molecule has 2 aromatic heterocycles. The van der Waals surface area contributed by atoms with Gasteiger partial charge in [0.25, 0.3) is 11.5 Å². The molecule has 2 N–H and O–H groups in total. The van der Waals surface area contributed by atoms with Crippen molar-refractivity contribution >= 4 is 27.6 Å². The number of likely N-dealkylation sites (N-methyl/N-ethyl adjacent to an activating group) is 1. The highest BCUT2D eigenvalue weighted by atomic mass is 19.1. The Hall–Kier alpha value is -3.52. The molecule has 30 heavy (non-hydrogen) atoms. The molecule has 1 aliphatic heterocycles. The molecule has 0 aliphatic carbocycles. The third-order valence-electron chi connectivity index (χ3n) is 5.58. The number of rotatable bonds is 2. The van der Waals surface area contributed by atoms with Gasteiger partial charge in [0.15, 0.2) is 0 Å².